The number of ether oxygens (including phenoxy) is 1. The Balaban J connectivity index is 0.000000527. The lowest BCUT2D eigenvalue weighted by atomic mass is 10.1. The van der Waals surface area contributed by atoms with Gasteiger partial charge in [-0.05, 0) is 25.0 Å². The van der Waals surface area contributed by atoms with Gasteiger partial charge in [-0.15, -0.1) is 0 Å². The number of ketones is 1. The molecule has 0 aliphatic heterocycles. The van der Waals surface area contributed by atoms with Crippen molar-refractivity contribution in [2.75, 3.05) is 13.2 Å². The fourth-order valence-corrected chi connectivity index (χ4v) is 1.94. The molecular weight excluding hydrogens is 352 g/mol. The third kappa shape index (κ3) is 7.81. The summed E-state index contributed by atoms with van der Waals surface area (Å²) in [6, 6.07) is 15.7. The number of rotatable bonds is 8. The van der Waals surface area contributed by atoms with E-state index in [0.717, 1.165) is 12.8 Å². The summed E-state index contributed by atoms with van der Waals surface area (Å²) in [6.45, 7) is 0.390. The van der Waals surface area contributed by atoms with E-state index in [1.54, 1.807) is 36.4 Å². The summed E-state index contributed by atoms with van der Waals surface area (Å²) >= 11 is 0. The number of Topliss-reactive ketones (excluding diaryl/α,β-unsaturated/α-hetero) is 1. The van der Waals surface area contributed by atoms with E-state index >= 15 is 0 Å². The van der Waals surface area contributed by atoms with Crippen LogP contribution in [0.15, 0.2) is 60.7 Å². The number of aliphatic hydroxyl groups excluding tert-OH is 2. The molecule has 0 aliphatic carbocycles. The lowest BCUT2D eigenvalue weighted by Crippen LogP contribution is -2.35. The highest BCUT2D eigenvalue weighted by Crippen LogP contribution is 2.10. The van der Waals surface area contributed by atoms with Gasteiger partial charge in [0, 0.05) is 18.8 Å². The predicted molar refractivity (Wildman–Crippen MR) is 97.5 cm³/mol. The van der Waals surface area contributed by atoms with Crippen molar-refractivity contribution in [3.8, 4) is 0 Å². The molecular formula is C20H22O7. The van der Waals surface area contributed by atoms with E-state index in [1.165, 1.54) is 24.3 Å². The SMILES string of the molecule is O=C(OC(C(=O)O)C(=O)c1ccccc1)c1ccccc1.OCCCCO. The van der Waals surface area contributed by atoms with Crippen LogP contribution in [0.25, 0.3) is 0 Å². The van der Waals surface area contributed by atoms with Crippen LogP contribution in [0.5, 0.6) is 0 Å². The van der Waals surface area contributed by atoms with E-state index in [9.17, 15) is 14.4 Å². The summed E-state index contributed by atoms with van der Waals surface area (Å²) in [5, 5.41) is 25.3. The van der Waals surface area contributed by atoms with Crippen LogP contribution in [-0.4, -0.2) is 52.4 Å². The first-order valence-electron chi connectivity index (χ1n) is 8.31. The molecule has 0 radical (unpaired) electrons. The Morgan fingerprint density at radius 2 is 1.22 bits per heavy atom. The number of carboxylic acids is 1. The highest BCUT2D eigenvalue weighted by atomic mass is 16.6. The van der Waals surface area contributed by atoms with Gasteiger partial charge in [-0.3, -0.25) is 4.79 Å². The summed E-state index contributed by atoms with van der Waals surface area (Å²) in [4.78, 5) is 35.1. The van der Waals surface area contributed by atoms with Crippen molar-refractivity contribution < 1.29 is 34.4 Å². The number of hydrogen-bond donors (Lipinski definition) is 3. The zero-order valence-electron chi connectivity index (χ0n) is 14.7. The lowest BCUT2D eigenvalue weighted by molar-refractivity contribution is -0.144. The van der Waals surface area contributed by atoms with Crippen molar-refractivity contribution in [1.29, 1.82) is 0 Å². The molecule has 0 aromatic heterocycles. The van der Waals surface area contributed by atoms with Gasteiger partial charge in [-0.2, -0.15) is 0 Å². The van der Waals surface area contributed by atoms with E-state index in [2.05, 4.69) is 0 Å². The summed E-state index contributed by atoms with van der Waals surface area (Å²) < 4.78 is 4.83. The smallest absolute Gasteiger partial charge is 0.353 e. The van der Waals surface area contributed by atoms with Gasteiger partial charge in [0.05, 0.1) is 5.56 Å². The molecule has 0 amide bonds. The molecule has 7 nitrogen and oxygen atoms in total. The van der Waals surface area contributed by atoms with E-state index < -0.39 is 23.8 Å². The van der Waals surface area contributed by atoms with Crippen molar-refractivity contribution in [3.05, 3.63) is 71.8 Å². The molecule has 0 fully saturated rings. The molecule has 3 N–H and O–H groups in total. The van der Waals surface area contributed by atoms with Crippen LogP contribution in [0.4, 0.5) is 0 Å². The molecule has 2 rings (SSSR count). The summed E-state index contributed by atoms with van der Waals surface area (Å²) in [7, 11) is 0. The maximum absolute atomic E-state index is 12.1. The summed E-state index contributed by atoms with van der Waals surface area (Å²) in [5.74, 6) is -3.13. The largest absolute Gasteiger partial charge is 0.478 e. The van der Waals surface area contributed by atoms with Crippen LogP contribution >= 0.6 is 0 Å². The average Bonchev–Trinajstić information content (AvgIpc) is 2.71. The number of benzene rings is 2. The zero-order valence-corrected chi connectivity index (χ0v) is 14.7. The van der Waals surface area contributed by atoms with Gasteiger partial charge >= 0.3 is 11.9 Å². The number of carbonyl (C=O) groups excluding carboxylic acids is 2. The molecule has 0 bridgehead atoms. The third-order valence-corrected chi connectivity index (χ3v) is 3.32. The normalized spacial score (nSPS) is 10.9. The Labute approximate surface area is 156 Å². The number of hydrogen-bond acceptors (Lipinski definition) is 6. The van der Waals surface area contributed by atoms with Crippen LogP contribution in [0.2, 0.25) is 0 Å². The van der Waals surface area contributed by atoms with E-state index in [-0.39, 0.29) is 24.3 Å². The molecule has 1 unspecified atom stereocenters. The van der Waals surface area contributed by atoms with Gasteiger partial charge in [0.15, 0.2) is 0 Å². The van der Waals surface area contributed by atoms with Gasteiger partial charge in [0.2, 0.25) is 5.78 Å². The Kier molecular flexibility index (Phi) is 10.1. The quantitative estimate of drug-likeness (QED) is 0.279. The second-order valence-electron chi connectivity index (χ2n) is 5.37. The van der Waals surface area contributed by atoms with Gasteiger partial charge in [-0.25, -0.2) is 9.59 Å². The highest BCUT2D eigenvalue weighted by Gasteiger charge is 2.31. The number of carbonyl (C=O) groups is 3. The van der Waals surface area contributed by atoms with Gasteiger partial charge in [0.1, 0.15) is 0 Å². The number of esters is 1. The Bertz CT molecular complexity index is 710. The third-order valence-electron chi connectivity index (χ3n) is 3.32. The fraction of sp³-hybridized carbons (Fsp3) is 0.250. The van der Waals surface area contributed by atoms with Crippen molar-refractivity contribution in [2.24, 2.45) is 0 Å². The predicted octanol–water partition coefficient (Wildman–Crippen LogP) is 1.93. The average molecular weight is 374 g/mol. The molecule has 0 aliphatic rings. The number of aliphatic hydroxyl groups is 2. The second-order valence-corrected chi connectivity index (χ2v) is 5.37. The fourth-order valence-electron chi connectivity index (χ4n) is 1.94. The molecule has 0 heterocycles. The molecule has 0 saturated carbocycles. The maximum Gasteiger partial charge on any atom is 0.353 e. The monoisotopic (exact) mass is 374 g/mol. The van der Waals surface area contributed by atoms with Crippen LogP contribution < -0.4 is 0 Å². The first-order valence-corrected chi connectivity index (χ1v) is 8.31. The van der Waals surface area contributed by atoms with Crippen molar-refractivity contribution in [2.45, 2.75) is 18.9 Å². The molecule has 1 atom stereocenters. The Morgan fingerprint density at radius 3 is 1.63 bits per heavy atom. The highest BCUT2D eigenvalue weighted by molar-refractivity contribution is 6.12. The molecule has 2 aromatic carbocycles. The summed E-state index contributed by atoms with van der Waals surface area (Å²) in [6.07, 6.45) is -0.424. The van der Waals surface area contributed by atoms with Crippen LogP contribution in [0.3, 0.4) is 0 Å². The Hall–Kier alpha value is -3.03. The van der Waals surface area contributed by atoms with Crippen molar-refractivity contribution in [1.82, 2.24) is 0 Å². The summed E-state index contributed by atoms with van der Waals surface area (Å²) in [5.41, 5.74) is 0.357. The molecule has 7 heteroatoms. The molecule has 0 saturated heterocycles. The minimum Gasteiger partial charge on any atom is -0.478 e. The van der Waals surface area contributed by atoms with Gasteiger partial charge in [0.25, 0.3) is 6.10 Å². The molecule has 27 heavy (non-hydrogen) atoms. The van der Waals surface area contributed by atoms with Crippen LogP contribution in [-0.2, 0) is 9.53 Å². The first kappa shape index (κ1) is 22.0. The van der Waals surface area contributed by atoms with E-state index in [4.69, 9.17) is 20.1 Å². The molecule has 144 valence electrons. The second kappa shape index (κ2) is 12.3. The number of carboxylic acid groups (broad SMARTS) is 1. The minimum atomic E-state index is -1.86. The molecule has 2 aromatic rings. The molecule has 0 spiro atoms. The van der Waals surface area contributed by atoms with E-state index in [0.29, 0.717) is 0 Å². The van der Waals surface area contributed by atoms with Crippen LogP contribution in [0.1, 0.15) is 33.6 Å². The topological polar surface area (TPSA) is 121 Å². The van der Waals surface area contributed by atoms with E-state index in [1.807, 2.05) is 0 Å². The number of aliphatic carboxylic acids is 1. The Morgan fingerprint density at radius 1 is 0.778 bits per heavy atom. The van der Waals surface area contributed by atoms with Crippen molar-refractivity contribution >= 4 is 17.7 Å². The lowest BCUT2D eigenvalue weighted by Gasteiger charge is -2.12. The zero-order chi connectivity index (χ0) is 20.1. The first-order chi connectivity index (χ1) is 13.0. The number of unbranched alkanes of at least 4 members (excludes halogenated alkanes) is 1. The maximum atomic E-state index is 12.1. The standard InChI is InChI=1S/C16H12O5.C4H10O2/c17-13(11-7-3-1-4-8-11)14(15(18)19)21-16(20)12-9-5-2-6-10-12;5-3-1-2-4-6/h1-10,14H,(H,18,19);5-6H,1-4H2. The van der Waals surface area contributed by atoms with Crippen LogP contribution in [0, 0.1) is 0 Å². The van der Waals surface area contributed by atoms with Gasteiger partial charge < -0.3 is 20.1 Å². The van der Waals surface area contributed by atoms with Gasteiger partial charge in [-0.1, -0.05) is 48.5 Å². The minimum absolute atomic E-state index is 0.172. The van der Waals surface area contributed by atoms with Crippen molar-refractivity contribution in [3.63, 3.8) is 0 Å².